The minimum Gasteiger partial charge on any atom is -0.389 e. The number of anilines is 1. The summed E-state index contributed by atoms with van der Waals surface area (Å²) in [6.07, 6.45) is 1.03. The van der Waals surface area contributed by atoms with Crippen LogP contribution in [0.2, 0.25) is 0 Å². The van der Waals surface area contributed by atoms with Gasteiger partial charge in [-0.15, -0.1) is 0 Å². The number of rotatable bonds is 5. The van der Waals surface area contributed by atoms with Gasteiger partial charge in [-0.1, -0.05) is 43.4 Å². The Morgan fingerprint density at radius 2 is 1.95 bits per heavy atom. The molecule has 3 nitrogen and oxygen atoms in total. The summed E-state index contributed by atoms with van der Waals surface area (Å²) >= 11 is 5.02. The van der Waals surface area contributed by atoms with Crippen molar-refractivity contribution in [3.63, 3.8) is 0 Å². The van der Waals surface area contributed by atoms with Gasteiger partial charge in [-0.05, 0) is 36.6 Å². The summed E-state index contributed by atoms with van der Waals surface area (Å²) in [5, 5.41) is 3.35. The molecule has 0 spiro atoms. The molecule has 1 heterocycles. The van der Waals surface area contributed by atoms with E-state index >= 15 is 0 Å². The molecular formula is C16H19N3S. The molecule has 0 aliphatic carbocycles. The third kappa shape index (κ3) is 3.54. The molecule has 0 saturated carbocycles. The number of nitrogens with zero attached hydrogens (tertiary/aromatic N) is 1. The van der Waals surface area contributed by atoms with Crippen molar-refractivity contribution in [3.8, 4) is 0 Å². The number of nitrogens with one attached hydrogen (secondary N) is 1. The van der Waals surface area contributed by atoms with Crippen LogP contribution in [0.4, 0.5) is 5.82 Å². The smallest absolute Gasteiger partial charge is 0.127 e. The van der Waals surface area contributed by atoms with Gasteiger partial charge in [-0.3, -0.25) is 0 Å². The van der Waals surface area contributed by atoms with Gasteiger partial charge in [0, 0.05) is 17.8 Å². The molecular weight excluding hydrogens is 266 g/mol. The number of nitrogens with two attached hydrogens (primary N) is 1. The van der Waals surface area contributed by atoms with Crippen LogP contribution in [0, 0.1) is 6.92 Å². The number of benzene rings is 1. The molecule has 104 valence electrons. The van der Waals surface area contributed by atoms with Crippen LogP contribution in [-0.2, 0) is 13.0 Å². The van der Waals surface area contributed by atoms with Crippen molar-refractivity contribution in [1.82, 2.24) is 4.98 Å². The maximum Gasteiger partial charge on any atom is 0.127 e. The van der Waals surface area contributed by atoms with E-state index in [2.05, 4.69) is 41.5 Å². The van der Waals surface area contributed by atoms with Gasteiger partial charge < -0.3 is 11.1 Å². The summed E-state index contributed by atoms with van der Waals surface area (Å²) in [4.78, 5) is 4.86. The number of hydrogen-bond donors (Lipinski definition) is 2. The molecule has 0 bridgehead atoms. The lowest BCUT2D eigenvalue weighted by atomic mass is 10.1. The Kier molecular flexibility index (Phi) is 4.69. The maximum absolute atomic E-state index is 5.68. The molecule has 0 radical (unpaired) electrons. The Morgan fingerprint density at radius 3 is 2.60 bits per heavy atom. The van der Waals surface area contributed by atoms with E-state index in [1.807, 2.05) is 19.1 Å². The van der Waals surface area contributed by atoms with Crippen molar-refractivity contribution in [2.24, 2.45) is 5.73 Å². The van der Waals surface area contributed by atoms with Crippen LogP contribution in [0.5, 0.6) is 0 Å². The highest BCUT2D eigenvalue weighted by Gasteiger charge is 2.04. The number of aryl methyl sites for hydroxylation is 2. The third-order valence-corrected chi connectivity index (χ3v) is 3.43. The van der Waals surface area contributed by atoms with Gasteiger partial charge in [0.2, 0.25) is 0 Å². The van der Waals surface area contributed by atoms with Gasteiger partial charge in [-0.25, -0.2) is 4.98 Å². The fourth-order valence-corrected chi connectivity index (χ4v) is 2.28. The first-order valence-electron chi connectivity index (χ1n) is 6.69. The van der Waals surface area contributed by atoms with Crippen molar-refractivity contribution in [2.75, 3.05) is 5.32 Å². The average molecular weight is 285 g/mol. The lowest BCUT2D eigenvalue weighted by Crippen LogP contribution is -2.12. The lowest BCUT2D eigenvalue weighted by molar-refractivity contribution is 1.03. The van der Waals surface area contributed by atoms with Gasteiger partial charge in [-0.2, -0.15) is 0 Å². The van der Waals surface area contributed by atoms with Crippen LogP contribution in [-0.4, -0.2) is 9.97 Å². The molecule has 3 N–H and O–H groups in total. The van der Waals surface area contributed by atoms with Gasteiger partial charge >= 0.3 is 0 Å². The Labute approximate surface area is 125 Å². The molecule has 0 amide bonds. The fourth-order valence-electron chi connectivity index (χ4n) is 2.16. The molecule has 1 aromatic heterocycles. The molecule has 0 unspecified atom stereocenters. The van der Waals surface area contributed by atoms with Gasteiger partial charge in [0.25, 0.3) is 0 Å². The van der Waals surface area contributed by atoms with Crippen LogP contribution in [0.1, 0.15) is 29.3 Å². The zero-order valence-corrected chi connectivity index (χ0v) is 12.6. The van der Waals surface area contributed by atoms with Crippen molar-refractivity contribution in [3.05, 3.63) is 58.8 Å². The highest BCUT2D eigenvalue weighted by Crippen LogP contribution is 2.14. The Morgan fingerprint density at radius 1 is 1.25 bits per heavy atom. The standard InChI is InChI=1S/C16H19N3S/c1-3-12-6-4-5-7-13(12)10-18-15-9-14(16(17)20)8-11(2)19-15/h4-9H,3,10H2,1-2H3,(H2,17,20)(H,18,19). The van der Waals surface area contributed by atoms with Gasteiger partial charge in [0.05, 0.1) is 0 Å². The zero-order valence-electron chi connectivity index (χ0n) is 11.8. The summed E-state index contributed by atoms with van der Waals surface area (Å²) in [6.45, 7) is 4.85. The third-order valence-electron chi connectivity index (χ3n) is 3.20. The average Bonchev–Trinajstić information content (AvgIpc) is 2.44. The predicted molar refractivity (Wildman–Crippen MR) is 88.0 cm³/mol. The topological polar surface area (TPSA) is 50.9 Å². The summed E-state index contributed by atoms with van der Waals surface area (Å²) < 4.78 is 0. The quantitative estimate of drug-likeness (QED) is 0.828. The van der Waals surface area contributed by atoms with E-state index in [-0.39, 0.29) is 0 Å². The van der Waals surface area contributed by atoms with E-state index in [4.69, 9.17) is 18.0 Å². The van der Waals surface area contributed by atoms with Crippen molar-refractivity contribution >= 4 is 23.0 Å². The second kappa shape index (κ2) is 6.48. The second-order valence-electron chi connectivity index (χ2n) is 4.72. The first-order chi connectivity index (χ1) is 9.60. The molecule has 0 aliphatic rings. The minimum atomic E-state index is 0.396. The van der Waals surface area contributed by atoms with E-state index in [1.54, 1.807) is 0 Å². The SMILES string of the molecule is CCc1ccccc1CNc1cc(C(N)=S)cc(C)n1. The van der Waals surface area contributed by atoms with Crippen molar-refractivity contribution < 1.29 is 0 Å². The molecule has 0 aliphatic heterocycles. The van der Waals surface area contributed by atoms with E-state index in [0.717, 1.165) is 30.0 Å². The van der Waals surface area contributed by atoms with Crippen LogP contribution in [0.3, 0.4) is 0 Å². The Balaban J connectivity index is 2.16. The number of pyridine rings is 1. The summed E-state index contributed by atoms with van der Waals surface area (Å²) in [7, 11) is 0. The maximum atomic E-state index is 5.68. The Bertz CT molecular complexity index is 623. The van der Waals surface area contributed by atoms with Crippen molar-refractivity contribution in [1.29, 1.82) is 0 Å². The van der Waals surface area contributed by atoms with Gasteiger partial charge in [0.15, 0.2) is 0 Å². The number of aromatic nitrogens is 1. The minimum absolute atomic E-state index is 0.396. The molecule has 1 aromatic carbocycles. The molecule has 0 fully saturated rings. The molecule has 2 rings (SSSR count). The molecule has 0 saturated heterocycles. The highest BCUT2D eigenvalue weighted by atomic mass is 32.1. The summed E-state index contributed by atoms with van der Waals surface area (Å²) in [5.41, 5.74) is 10.1. The van der Waals surface area contributed by atoms with E-state index in [0.29, 0.717) is 4.99 Å². The van der Waals surface area contributed by atoms with Gasteiger partial charge in [0.1, 0.15) is 10.8 Å². The summed E-state index contributed by atoms with van der Waals surface area (Å²) in [5.74, 6) is 0.804. The normalized spacial score (nSPS) is 10.3. The second-order valence-corrected chi connectivity index (χ2v) is 5.16. The Hall–Kier alpha value is -1.94. The molecule has 2 aromatic rings. The number of hydrogen-bond acceptors (Lipinski definition) is 3. The number of thiocarbonyl (C=S) groups is 1. The van der Waals surface area contributed by atoms with E-state index in [9.17, 15) is 0 Å². The zero-order chi connectivity index (χ0) is 14.5. The molecule has 4 heteroatoms. The first kappa shape index (κ1) is 14.5. The van der Waals surface area contributed by atoms with Crippen molar-refractivity contribution in [2.45, 2.75) is 26.8 Å². The van der Waals surface area contributed by atoms with Crippen LogP contribution >= 0.6 is 12.2 Å². The van der Waals surface area contributed by atoms with Crippen LogP contribution in [0.15, 0.2) is 36.4 Å². The molecule has 20 heavy (non-hydrogen) atoms. The predicted octanol–water partition coefficient (Wildman–Crippen LogP) is 3.20. The van der Waals surface area contributed by atoms with Crippen LogP contribution in [0.25, 0.3) is 0 Å². The largest absolute Gasteiger partial charge is 0.389 e. The monoisotopic (exact) mass is 285 g/mol. The lowest BCUT2D eigenvalue weighted by Gasteiger charge is -2.11. The molecule has 0 atom stereocenters. The highest BCUT2D eigenvalue weighted by molar-refractivity contribution is 7.80. The first-order valence-corrected chi connectivity index (χ1v) is 7.10. The van der Waals surface area contributed by atoms with E-state index in [1.165, 1.54) is 11.1 Å². The van der Waals surface area contributed by atoms with E-state index < -0.39 is 0 Å². The summed E-state index contributed by atoms with van der Waals surface area (Å²) in [6, 6.07) is 12.2. The van der Waals surface area contributed by atoms with Crippen LogP contribution < -0.4 is 11.1 Å². The fraction of sp³-hybridized carbons (Fsp3) is 0.250.